The number of fused-ring (bicyclic) bond motifs is 1. The average Bonchev–Trinajstić information content (AvgIpc) is 3.06. The number of amides is 1. The second kappa shape index (κ2) is 4.94. The zero-order chi connectivity index (χ0) is 14.1. The quantitative estimate of drug-likeness (QED) is 0.645. The van der Waals surface area contributed by atoms with E-state index in [9.17, 15) is 9.59 Å². The predicted molar refractivity (Wildman–Crippen MR) is 74.9 cm³/mol. The van der Waals surface area contributed by atoms with Gasteiger partial charge in [-0.15, -0.1) is 11.3 Å². The summed E-state index contributed by atoms with van der Waals surface area (Å²) in [6.45, 7) is 0. The molecule has 0 saturated carbocycles. The average molecular weight is 309 g/mol. The molecule has 0 fully saturated rings. The highest BCUT2D eigenvalue weighted by atomic mass is 32.1. The van der Waals surface area contributed by atoms with Crippen LogP contribution in [0.3, 0.4) is 0 Å². The summed E-state index contributed by atoms with van der Waals surface area (Å²) in [5, 5.41) is 20.6. The topological polar surface area (TPSA) is 104 Å². The van der Waals surface area contributed by atoms with Gasteiger partial charge in [0.2, 0.25) is 0 Å². The molecular formula is C11H7N3O4S2. The molecule has 0 saturated heterocycles. The van der Waals surface area contributed by atoms with Crippen LogP contribution in [0.15, 0.2) is 23.6 Å². The normalized spacial score (nSPS) is 10.6. The third-order valence-electron chi connectivity index (χ3n) is 2.40. The van der Waals surface area contributed by atoms with E-state index in [4.69, 9.17) is 5.11 Å². The van der Waals surface area contributed by atoms with Crippen molar-refractivity contribution < 1.29 is 19.4 Å². The molecule has 3 heterocycles. The van der Waals surface area contributed by atoms with Gasteiger partial charge in [0.25, 0.3) is 5.91 Å². The summed E-state index contributed by atoms with van der Waals surface area (Å²) >= 11 is 2.42. The summed E-state index contributed by atoms with van der Waals surface area (Å²) in [7, 11) is 0. The summed E-state index contributed by atoms with van der Waals surface area (Å²) < 4.78 is 4.57. The number of H-pyrrole nitrogens is 1. The van der Waals surface area contributed by atoms with Gasteiger partial charge < -0.3 is 15.2 Å². The van der Waals surface area contributed by atoms with Crippen molar-refractivity contribution in [3.8, 4) is 5.06 Å². The van der Waals surface area contributed by atoms with Crippen molar-refractivity contribution in [2.45, 2.75) is 0 Å². The molecule has 0 atom stereocenters. The van der Waals surface area contributed by atoms with Crippen LogP contribution in [0.5, 0.6) is 5.06 Å². The first-order valence-corrected chi connectivity index (χ1v) is 7.06. The maximum atomic E-state index is 11.9. The first-order chi connectivity index (χ1) is 9.63. The van der Waals surface area contributed by atoms with Gasteiger partial charge in [-0.3, -0.25) is 9.89 Å². The monoisotopic (exact) mass is 309 g/mol. The van der Waals surface area contributed by atoms with Gasteiger partial charge in [-0.2, -0.15) is 5.10 Å². The van der Waals surface area contributed by atoms with E-state index in [1.807, 2.05) is 0 Å². The Labute approximate surface area is 119 Å². The van der Waals surface area contributed by atoms with E-state index in [0.717, 1.165) is 11.3 Å². The van der Waals surface area contributed by atoms with E-state index in [2.05, 4.69) is 20.3 Å². The van der Waals surface area contributed by atoms with Crippen molar-refractivity contribution in [2.24, 2.45) is 0 Å². The van der Waals surface area contributed by atoms with Crippen LogP contribution in [-0.2, 0) is 0 Å². The number of ether oxygens (including phenoxy) is 1. The van der Waals surface area contributed by atoms with Gasteiger partial charge in [0.1, 0.15) is 4.83 Å². The van der Waals surface area contributed by atoms with Gasteiger partial charge in [0.05, 0.1) is 10.3 Å². The summed E-state index contributed by atoms with van der Waals surface area (Å²) in [5.41, 5.74) is 0. The Kier molecular flexibility index (Phi) is 3.12. The van der Waals surface area contributed by atoms with Crippen molar-refractivity contribution in [2.75, 3.05) is 5.32 Å². The first kappa shape index (κ1) is 12.6. The third-order valence-corrected chi connectivity index (χ3v) is 4.18. The minimum Gasteiger partial charge on any atom is -0.449 e. The Bertz CT molecular complexity index is 775. The minimum atomic E-state index is -1.38. The number of aromatic nitrogens is 2. The number of rotatable bonds is 3. The molecular weight excluding hydrogens is 302 g/mol. The molecule has 7 nitrogen and oxygen atoms in total. The number of carbonyl (C=O) groups is 2. The highest BCUT2D eigenvalue weighted by molar-refractivity contribution is 7.20. The molecule has 3 rings (SSSR count). The van der Waals surface area contributed by atoms with Crippen LogP contribution < -0.4 is 10.1 Å². The van der Waals surface area contributed by atoms with Gasteiger partial charge in [0.15, 0.2) is 10.9 Å². The van der Waals surface area contributed by atoms with Crippen LogP contribution in [-0.4, -0.2) is 27.4 Å². The molecule has 3 N–H and O–H groups in total. The molecule has 102 valence electrons. The molecule has 0 aromatic carbocycles. The van der Waals surface area contributed by atoms with Gasteiger partial charge in [-0.1, -0.05) is 17.4 Å². The number of carboxylic acid groups (broad SMARTS) is 1. The van der Waals surface area contributed by atoms with Crippen molar-refractivity contribution in [1.82, 2.24) is 10.2 Å². The highest BCUT2D eigenvalue weighted by Crippen LogP contribution is 2.34. The van der Waals surface area contributed by atoms with Crippen LogP contribution >= 0.6 is 22.7 Å². The Morgan fingerprint density at radius 1 is 1.45 bits per heavy atom. The fourth-order valence-electron chi connectivity index (χ4n) is 1.60. The maximum Gasteiger partial charge on any atom is 0.512 e. The van der Waals surface area contributed by atoms with Gasteiger partial charge in [-0.05, 0) is 11.4 Å². The lowest BCUT2D eigenvalue weighted by atomic mass is 10.4. The number of aromatic amines is 1. The van der Waals surface area contributed by atoms with Crippen molar-refractivity contribution >= 4 is 50.8 Å². The lowest BCUT2D eigenvalue weighted by Crippen LogP contribution is -2.10. The standard InChI is InChI=1S/C11H7N3O4S2/c15-9(6-2-1-3-19-6)12-8-5-4-7(18-11(16)17)20-10(5)14-13-8/h1-4H,(H,16,17)(H2,12,13,14,15). The van der Waals surface area contributed by atoms with E-state index >= 15 is 0 Å². The molecule has 3 aromatic rings. The molecule has 0 aliphatic rings. The van der Waals surface area contributed by atoms with Crippen LogP contribution in [0.4, 0.5) is 10.6 Å². The summed E-state index contributed by atoms with van der Waals surface area (Å²) in [4.78, 5) is 23.6. The number of carbonyl (C=O) groups excluding carboxylic acids is 1. The molecule has 0 bridgehead atoms. The number of nitrogens with one attached hydrogen (secondary N) is 2. The van der Waals surface area contributed by atoms with Gasteiger partial charge in [0, 0.05) is 6.07 Å². The summed E-state index contributed by atoms with van der Waals surface area (Å²) in [6, 6.07) is 5.00. The maximum absolute atomic E-state index is 11.9. The van der Waals surface area contributed by atoms with Crippen molar-refractivity contribution in [3.05, 3.63) is 28.5 Å². The minimum absolute atomic E-state index is 0.216. The van der Waals surface area contributed by atoms with Crippen LogP contribution in [0.25, 0.3) is 10.2 Å². The Balaban J connectivity index is 1.86. The number of hydrogen-bond acceptors (Lipinski definition) is 6. The largest absolute Gasteiger partial charge is 0.512 e. The van der Waals surface area contributed by atoms with E-state index in [1.165, 1.54) is 17.4 Å². The lowest BCUT2D eigenvalue weighted by Gasteiger charge is -1.98. The zero-order valence-electron chi connectivity index (χ0n) is 9.75. The van der Waals surface area contributed by atoms with E-state index in [0.29, 0.717) is 20.9 Å². The fraction of sp³-hybridized carbons (Fsp3) is 0. The number of hydrogen-bond donors (Lipinski definition) is 3. The molecule has 1 amide bonds. The Morgan fingerprint density at radius 2 is 2.30 bits per heavy atom. The van der Waals surface area contributed by atoms with E-state index in [-0.39, 0.29) is 11.0 Å². The second-order valence-electron chi connectivity index (χ2n) is 3.68. The Hall–Kier alpha value is -2.39. The summed E-state index contributed by atoms with van der Waals surface area (Å²) in [5.74, 6) is 0.0789. The van der Waals surface area contributed by atoms with Crippen LogP contribution in [0, 0.1) is 0 Å². The molecule has 0 radical (unpaired) electrons. The molecule has 0 aliphatic heterocycles. The third kappa shape index (κ3) is 2.36. The number of anilines is 1. The molecule has 0 spiro atoms. The van der Waals surface area contributed by atoms with Crippen molar-refractivity contribution in [3.63, 3.8) is 0 Å². The van der Waals surface area contributed by atoms with E-state index < -0.39 is 6.16 Å². The van der Waals surface area contributed by atoms with Gasteiger partial charge >= 0.3 is 6.16 Å². The van der Waals surface area contributed by atoms with Gasteiger partial charge in [-0.25, -0.2) is 4.79 Å². The molecule has 0 unspecified atom stereocenters. The molecule has 0 aliphatic carbocycles. The number of nitrogens with zero attached hydrogens (tertiary/aromatic N) is 1. The molecule has 9 heteroatoms. The summed E-state index contributed by atoms with van der Waals surface area (Å²) in [6.07, 6.45) is -1.38. The first-order valence-electron chi connectivity index (χ1n) is 5.37. The molecule has 3 aromatic heterocycles. The fourth-order valence-corrected chi connectivity index (χ4v) is 3.07. The van der Waals surface area contributed by atoms with Crippen LogP contribution in [0.2, 0.25) is 0 Å². The SMILES string of the molecule is O=C(O)Oc1cc2c(NC(=O)c3cccs3)n[nH]c2s1. The number of thiophene rings is 2. The highest BCUT2D eigenvalue weighted by Gasteiger charge is 2.15. The van der Waals surface area contributed by atoms with Crippen LogP contribution in [0.1, 0.15) is 9.67 Å². The van der Waals surface area contributed by atoms with E-state index in [1.54, 1.807) is 17.5 Å². The lowest BCUT2D eigenvalue weighted by molar-refractivity contribution is 0.103. The van der Waals surface area contributed by atoms with Crippen molar-refractivity contribution in [1.29, 1.82) is 0 Å². The Morgan fingerprint density at radius 3 is 3.00 bits per heavy atom. The molecule has 20 heavy (non-hydrogen) atoms. The smallest absolute Gasteiger partial charge is 0.449 e. The second-order valence-corrected chi connectivity index (χ2v) is 5.64. The zero-order valence-corrected chi connectivity index (χ0v) is 11.4. The predicted octanol–water partition coefficient (Wildman–Crippen LogP) is 3.00.